The summed E-state index contributed by atoms with van der Waals surface area (Å²) in [7, 11) is -3.79. The van der Waals surface area contributed by atoms with Crippen LogP contribution in [0.15, 0.2) is 63.1 Å². The molecule has 0 aliphatic rings. The molecule has 0 aliphatic heterocycles. The first-order chi connectivity index (χ1) is 14.4. The van der Waals surface area contributed by atoms with Gasteiger partial charge in [0.25, 0.3) is 5.22 Å². The second-order valence-corrected chi connectivity index (χ2v) is 10.3. The zero-order chi connectivity index (χ0) is 21.6. The van der Waals surface area contributed by atoms with Gasteiger partial charge in [-0.1, -0.05) is 35.5 Å². The Kier molecular flexibility index (Phi) is 8.18. The molecule has 0 spiro atoms. The zero-order valence-electron chi connectivity index (χ0n) is 15.9. The summed E-state index contributed by atoms with van der Waals surface area (Å²) in [6.45, 7) is 0. The second-order valence-electron chi connectivity index (χ2n) is 6.23. The summed E-state index contributed by atoms with van der Waals surface area (Å²) < 4.78 is 46.8. The van der Waals surface area contributed by atoms with Gasteiger partial charge in [-0.15, -0.1) is 10.2 Å². The summed E-state index contributed by atoms with van der Waals surface area (Å²) >= 11 is 8.73. The van der Waals surface area contributed by atoms with Crippen LogP contribution in [-0.2, 0) is 15.8 Å². The summed E-state index contributed by atoms with van der Waals surface area (Å²) in [5, 5.41) is 8.80. The molecule has 0 bridgehead atoms. The van der Waals surface area contributed by atoms with Crippen molar-refractivity contribution < 1.29 is 17.2 Å². The van der Waals surface area contributed by atoms with E-state index in [0.717, 1.165) is 5.56 Å². The number of benzene rings is 2. The molecule has 1 aromatic heterocycles. The van der Waals surface area contributed by atoms with Crippen LogP contribution in [0.3, 0.4) is 0 Å². The molecule has 0 saturated carbocycles. The van der Waals surface area contributed by atoms with Gasteiger partial charge in [-0.25, -0.2) is 12.8 Å². The molecule has 0 fully saturated rings. The molecule has 0 saturated heterocycles. The van der Waals surface area contributed by atoms with Crippen LogP contribution in [0.25, 0.3) is 0 Å². The van der Waals surface area contributed by atoms with Crippen LogP contribution in [0.1, 0.15) is 23.9 Å². The van der Waals surface area contributed by atoms with Crippen molar-refractivity contribution >= 4 is 45.1 Å². The molecule has 1 N–H and O–H groups in total. The van der Waals surface area contributed by atoms with E-state index in [1.54, 1.807) is 23.9 Å². The zero-order valence-corrected chi connectivity index (χ0v) is 19.1. The second kappa shape index (κ2) is 10.6. The Morgan fingerprint density at radius 2 is 1.83 bits per heavy atom. The van der Waals surface area contributed by atoms with Gasteiger partial charge in [0, 0.05) is 10.8 Å². The summed E-state index contributed by atoms with van der Waals surface area (Å²) in [5.41, 5.74) is 0.906. The van der Waals surface area contributed by atoms with Crippen molar-refractivity contribution in [2.24, 2.45) is 0 Å². The Balaban J connectivity index is 1.72. The third-order valence-electron chi connectivity index (χ3n) is 4.03. The highest BCUT2D eigenvalue weighted by Crippen LogP contribution is 2.26. The van der Waals surface area contributed by atoms with E-state index >= 15 is 0 Å². The van der Waals surface area contributed by atoms with Crippen LogP contribution in [0.2, 0.25) is 5.02 Å². The average molecular weight is 488 g/mol. The fraction of sp³-hybridized carbons (Fsp3) is 0.263. The van der Waals surface area contributed by atoms with Crippen molar-refractivity contribution in [3.8, 4) is 0 Å². The summed E-state index contributed by atoms with van der Waals surface area (Å²) in [6.07, 6.45) is 2.42. The molecule has 6 nitrogen and oxygen atoms in total. The molecular weight excluding hydrogens is 469 g/mol. The number of nitrogens with one attached hydrogen (secondary N) is 1. The van der Waals surface area contributed by atoms with Crippen molar-refractivity contribution in [1.82, 2.24) is 14.9 Å². The lowest BCUT2D eigenvalue weighted by atomic mass is 10.2. The Hall–Kier alpha value is -1.59. The molecule has 11 heteroatoms. The maximum atomic E-state index is 13.0. The maximum Gasteiger partial charge on any atom is 0.276 e. The summed E-state index contributed by atoms with van der Waals surface area (Å²) in [4.78, 5) is 0.103. The molecule has 0 aliphatic carbocycles. The first kappa shape index (κ1) is 23.1. The van der Waals surface area contributed by atoms with Crippen molar-refractivity contribution in [3.63, 3.8) is 0 Å². The predicted octanol–water partition coefficient (Wildman–Crippen LogP) is 4.93. The lowest BCUT2D eigenvalue weighted by Gasteiger charge is -2.15. The topological polar surface area (TPSA) is 85.1 Å². The minimum Gasteiger partial charge on any atom is -0.414 e. The van der Waals surface area contributed by atoms with E-state index < -0.39 is 16.1 Å². The number of nitrogens with zero attached hydrogens (tertiary/aromatic N) is 2. The van der Waals surface area contributed by atoms with Crippen LogP contribution in [-0.4, -0.2) is 30.6 Å². The van der Waals surface area contributed by atoms with Crippen molar-refractivity contribution in [2.45, 2.75) is 28.3 Å². The van der Waals surface area contributed by atoms with Gasteiger partial charge < -0.3 is 4.42 Å². The van der Waals surface area contributed by atoms with E-state index in [4.69, 9.17) is 16.0 Å². The summed E-state index contributed by atoms with van der Waals surface area (Å²) in [6, 6.07) is 11.4. The number of halogens is 2. The molecule has 1 unspecified atom stereocenters. The number of rotatable bonds is 10. The van der Waals surface area contributed by atoms with E-state index in [1.165, 1.54) is 48.2 Å². The fourth-order valence-corrected chi connectivity index (χ4v) is 5.03. The molecular formula is C19H19ClFN3O3S3. The number of hydrogen-bond acceptors (Lipinski definition) is 7. The standard InChI is InChI=1S/C19H19ClFN3O3S3/c1-28-11-10-17(24-30(25,26)16-8-4-14(20)5-9-16)18-22-23-19(27-18)29-12-13-2-6-15(21)7-3-13/h2-9,17,24H,10-12H2,1H3. The minimum atomic E-state index is -3.79. The third kappa shape index (κ3) is 6.45. The highest BCUT2D eigenvalue weighted by Gasteiger charge is 2.25. The average Bonchev–Trinajstić information content (AvgIpc) is 3.20. The smallest absolute Gasteiger partial charge is 0.276 e. The largest absolute Gasteiger partial charge is 0.414 e. The maximum absolute atomic E-state index is 13.0. The van der Waals surface area contributed by atoms with E-state index in [1.807, 2.05) is 6.26 Å². The van der Waals surface area contributed by atoms with E-state index in [-0.39, 0.29) is 16.6 Å². The first-order valence-electron chi connectivity index (χ1n) is 8.85. The van der Waals surface area contributed by atoms with Gasteiger partial charge in [0.2, 0.25) is 15.9 Å². The Morgan fingerprint density at radius 3 is 2.50 bits per heavy atom. The Morgan fingerprint density at radius 1 is 1.13 bits per heavy atom. The molecule has 1 atom stereocenters. The number of hydrogen-bond donors (Lipinski definition) is 1. The molecule has 1 heterocycles. The predicted molar refractivity (Wildman–Crippen MR) is 118 cm³/mol. The van der Waals surface area contributed by atoms with E-state index in [0.29, 0.717) is 28.2 Å². The third-order valence-corrected chi connectivity index (χ3v) is 7.30. The molecule has 0 amide bonds. The van der Waals surface area contributed by atoms with Gasteiger partial charge in [-0.2, -0.15) is 16.5 Å². The van der Waals surface area contributed by atoms with Crippen LogP contribution in [0.5, 0.6) is 0 Å². The van der Waals surface area contributed by atoms with Crippen molar-refractivity contribution in [3.05, 3.63) is 70.8 Å². The van der Waals surface area contributed by atoms with Gasteiger partial charge in [-0.05, 0) is 60.4 Å². The van der Waals surface area contributed by atoms with Gasteiger partial charge in [0.1, 0.15) is 11.9 Å². The van der Waals surface area contributed by atoms with Crippen LogP contribution in [0, 0.1) is 5.82 Å². The summed E-state index contributed by atoms with van der Waals surface area (Å²) in [5.74, 6) is 1.12. The van der Waals surface area contributed by atoms with Gasteiger partial charge in [0.05, 0.1) is 4.90 Å². The number of thioether (sulfide) groups is 2. The van der Waals surface area contributed by atoms with Gasteiger partial charge in [-0.3, -0.25) is 0 Å². The lowest BCUT2D eigenvalue weighted by molar-refractivity contribution is 0.371. The lowest BCUT2D eigenvalue weighted by Crippen LogP contribution is -2.29. The fourth-order valence-electron chi connectivity index (χ4n) is 2.48. The van der Waals surface area contributed by atoms with Crippen molar-refractivity contribution in [2.75, 3.05) is 12.0 Å². The number of aromatic nitrogens is 2. The number of sulfonamides is 1. The highest BCUT2D eigenvalue weighted by molar-refractivity contribution is 7.98. The highest BCUT2D eigenvalue weighted by atomic mass is 35.5. The molecule has 2 aromatic carbocycles. The van der Waals surface area contributed by atoms with Crippen LogP contribution in [0.4, 0.5) is 4.39 Å². The van der Waals surface area contributed by atoms with Crippen molar-refractivity contribution in [1.29, 1.82) is 0 Å². The SMILES string of the molecule is CSCCC(NS(=O)(=O)c1ccc(Cl)cc1)c1nnc(SCc2ccc(F)cc2)o1. The molecule has 0 radical (unpaired) electrons. The van der Waals surface area contributed by atoms with E-state index in [2.05, 4.69) is 14.9 Å². The molecule has 3 rings (SSSR count). The van der Waals surface area contributed by atoms with E-state index in [9.17, 15) is 12.8 Å². The quantitative estimate of drug-likeness (QED) is 0.406. The normalized spacial score (nSPS) is 12.8. The van der Waals surface area contributed by atoms with Gasteiger partial charge >= 0.3 is 0 Å². The Labute approximate surface area is 188 Å². The Bertz CT molecular complexity index is 1060. The van der Waals surface area contributed by atoms with Crippen LogP contribution >= 0.6 is 35.1 Å². The molecule has 3 aromatic rings. The molecule has 30 heavy (non-hydrogen) atoms. The minimum absolute atomic E-state index is 0.103. The molecule has 160 valence electrons. The first-order valence-corrected chi connectivity index (χ1v) is 13.1. The van der Waals surface area contributed by atoms with Crippen LogP contribution < -0.4 is 4.72 Å². The van der Waals surface area contributed by atoms with Gasteiger partial charge in [0.15, 0.2) is 0 Å². The monoisotopic (exact) mass is 487 g/mol.